The number of aryl methyl sites for hydroxylation is 1. The zero-order valence-corrected chi connectivity index (χ0v) is 16.5. The number of carbonyl (C=O) groups is 1. The van der Waals surface area contributed by atoms with Gasteiger partial charge in [-0.25, -0.2) is 0 Å². The number of halogens is 1. The van der Waals surface area contributed by atoms with Crippen molar-refractivity contribution in [2.24, 2.45) is 4.99 Å². The molecule has 0 aliphatic heterocycles. The first-order valence-electron chi connectivity index (χ1n) is 7.25. The molecule has 0 aromatic heterocycles. The minimum atomic E-state index is -0.243. The van der Waals surface area contributed by atoms with Crippen molar-refractivity contribution in [2.75, 3.05) is 34.4 Å². The van der Waals surface area contributed by atoms with Gasteiger partial charge in [0, 0.05) is 20.1 Å². The molecule has 0 unspecified atom stereocenters. The van der Waals surface area contributed by atoms with Crippen LogP contribution in [0.25, 0.3) is 0 Å². The molecule has 6 nitrogen and oxygen atoms in total. The van der Waals surface area contributed by atoms with E-state index in [-0.39, 0.29) is 29.9 Å². The van der Waals surface area contributed by atoms with Gasteiger partial charge in [-0.15, -0.1) is 24.0 Å². The summed E-state index contributed by atoms with van der Waals surface area (Å²) in [5, 5.41) is 6.28. The van der Waals surface area contributed by atoms with Gasteiger partial charge in [-0.2, -0.15) is 0 Å². The molecule has 1 aromatic rings. The Morgan fingerprint density at radius 2 is 1.91 bits per heavy atom. The first-order valence-corrected chi connectivity index (χ1v) is 7.25. The molecule has 0 radical (unpaired) electrons. The molecule has 0 atom stereocenters. The molecule has 0 bridgehead atoms. The quantitative estimate of drug-likeness (QED) is 0.296. The van der Waals surface area contributed by atoms with Gasteiger partial charge < -0.3 is 20.1 Å². The number of aliphatic imine (C=N–C) groups is 1. The summed E-state index contributed by atoms with van der Waals surface area (Å²) in [6.45, 7) is 3.27. The van der Waals surface area contributed by atoms with Crippen molar-refractivity contribution >= 4 is 35.9 Å². The first kappa shape index (κ1) is 21.5. The van der Waals surface area contributed by atoms with E-state index in [0.29, 0.717) is 18.9 Å². The van der Waals surface area contributed by atoms with Gasteiger partial charge in [-0.05, 0) is 25.0 Å². The summed E-state index contributed by atoms with van der Waals surface area (Å²) in [5.74, 6) is 1.31. The van der Waals surface area contributed by atoms with Gasteiger partial charge in [-0.1, -0.05) is 17.7 Å². The molecule has 23 heavy (non-hydrogen) atoms. The van der Waals surface area contributed by atoms with Crippen molar-refractivity contribution in [1.29, 1.82) is 0 Å². The number of hydrogen-bond donors (Lipinski definition) is 2. The van der Waals surface area contributed by atoms with Gasteiger partial charge in [0.05, 0.1) is 20.6 Å². The van der Waals surface area contributed by atoms with Crippen LogP contribution in [0, 0.1) is 6.92 Å². The highest BCUT2D eigenvalue weighted by molar-refractivity contribution is 14.0. The fourth-order valence-electron chi connectivity index (χ4n) is 2.02. The Morgan fingerprint density at radius 1 is 1.22 bits per heavy atom. The van der Waals surface area contributed by atoms with Crippen molar-refractivity contribution < 1.29 is 14.3 Å². The topological polar surface area (TPSA) is 72.0 Å². The Kier molecular flexibility index (Phi) is 11.2. The molecule has 0 saturated carbocycles. The molecule has 0 saturated heterocycles. The Labute approximate surface area is 155 Å². The molecule has 0 fully saturated rings. The van der Waals surface area contributed by atoms with Crippen LogP contribution in [0.2, 0.25) is 0 Å². The zero-order valence-electron chi connectivity index (χ0n) is 14.1. The van der Waals surface area contributed by atoms with E-state index < -0.39 is 0 Å². The van der Waals surface area contributed by atoms with Gasteiger partial charge in [-0.3, -0.25) is 9.79 Å². The normalized spacial score (nSPS) is 10.5. The third kappa shape index (κ3) is 8.06. The smallest absolute Gasteiger partial charge is 0.307 e. The maximum atomic E-state index is 11.0. The molecule has 0 spiro atoms. The van der Waals surface area contributed by atoms with Crippen LogP contribution >= 0.6 is 24.0 Å². The summed E-state index contributed by atoms with van der Waals surface area (Å²) in [7, 11) is 4.75. The van der Waals surface area contributed by atoms with Crippen molar-refractivity contribution in [2.45, 2.75) is 19.8 Å². The summed E-state index contributed by atoms with van der Waals surface area (Å²) in [6, 6.07) is 6.13. The molecule has 130 valence electrons. The summed E-state index contributed by atoms with van der Waals surface area (Å²) in [5.41, 5.74) is 2.36. The van der Waals surface area contributed by atoms with Crippen LogP contribution in [-0.4, -0.2) is 46.3 Å². The van der Waals surface area contributed by atoms with E-state index in [1.54, 1.807) is 14.2 Å². The molecule has 0 aliphatic carbocycles. The molecule has 2 N–H and O–H groups in total. The minimum absolute atomic E-state index is 0. The van der Waals surface area contributed by atoms with Crippen molar-refractivity contribution in [3.05, 3.63) is 29.3 Å². The lowest BCUT2D eigenvalue weighted by molar-refractivity contribution is -0.140. The third-order valence-corrected chi connectivity index (χ3v) is 3.20. The van der Waals surface area contributed by atoms with Crippen LogP contribution in [0.3, 0.4) is 0 Å². The van der Waals surface area contributed by atoms with Gasteiger partial charge in [0.1, 0.15) is 5.75 Å². The predicted octanol–water partition coefficient (Wildman–Crippen LogP) is 1.89. The summed E-state index contributed by atoms with van der Waals surface area (Å²) < 4.78 is 9.95. The largest absolute Gasteiger partial charge is 0.496 e. The number of esters is 1. The molecule has 1 aromatic carbocycles. The van der Waals surface area contributed by atoms with E-state index in [0.717, 1.165) is 24.3 Å². The number of benzene rings is 1. The summed E-state index contributed by atoms with van der Waals surface area (Å²) in [6.07, 6.45) is 1.13. The Balaban J connectivity index is 0.00000484. The number of hydrogen-bond acceptors (Lipinski definition) is 4. The van der Waals surface area contributed by atoms with Crippen LogP contribution in [0.5, 0.6) is 5.75 Å². The van der Waals surface area contributed by atoms with Gasteiger partial charge in [0.25, 0.3) is 0 Å². The zero-order chi connectivity index (χ0) is 16.4. The van der Waals surface area contributed by atoms with Crippen LogP contribution in [0.1, 0.15) is 17.5 Å². The fraction of sp³-hybridized carbons (Fsp3) is 0.500. The van der Waals surface area contributed by atoms with E-state index >= 15 is 0 Å². The minimum Gasteiger partial charge on any atom is -0.496 e. The molecule has 0 amide bonds. The van der Waals surface area contributed by atoms with Crippen molar-refractivity contribution in [3.8, 4) is 5.75 Å². The lowest BCUT2D eigenvalue weighted by Gasteiger charge is -2.13. The van der Waals surface area contributed by atoms with E-state index in [1.807, 2.05) is 12.1 Å². The maximum absolute atomic E-state index is 11.0. The molecular weight excluding hydrogens is 409 g/mol. The summed E-state index contributed by atoms with van der Waals surface area (Å²) >= 11 is 0. The lowest BCUT2D eigenvalue weighted by Crippen LogP contribution is -2.39. The van der Waals surface area contributed by atoms with E-state index in [4.69, 9.17) is 4.74 Å². The van der Waals surface area contributed by atoms with Crippen LogP contribution in [0.15, 0.2) is 23.2 Å². The number of rotatable bonds is 7. The number of methoxy groups -OCH3 is 2. The number of nitrogens with one attached hydrogen (secondary N) is 2. The monoisotopic (exact) mass is 435 g/mol. The second-order valence-corrected chi connectivity index (χ2v) is 4.82. The predicted molar refractivity (Wildman–Crippen MR) is 103 cm³/mol. The number of guanidine groups is 1. The number of ether oxygens (including phenoxy) is 2. The van der Waals surface area contributed by atoms with Crippen molar-refractivity contribution in [3.63, 3.8) is 0 Å². The van der Waals surface area contributed by atoms with Crippen LogP contribution < -0.4 is 15.4 Å². The van der Waals surface area contributed by atoms with E-state index in [9.17, 15) is 4.79 Å². The highest BCUT2D eigenvalue weighted by Gasteiger charge is 2.05. The molecular formula is C16H26IN3O3. The average Bonchev–Trinajstić information content (AvgIpc) is 2.53. The molecule has 0 heterocycles. The molecule has 1 rings (SSSR count). The van der Waals surface area contributed by atoms with Crippen LogP contribution in [0.4, 0.5) is 0 Å². The third-order valence-electron chi connectivity index (χ3n) is 3.20. The van der Waals surface area contributed by atoms with E-state index in [2.05, 4.69) is 33.4 Å². The number of nitrogens with zero attached hydrogens (tertiary/aromatic N) is 1. The fourth-order valence-corrected chi connectivity index (χ4v) is 2.02. The second-order valence-electron chi connectivity index (χ2n) is 4.82. The van der Waals surface area contributed by atoms with Gasteiger partial charge in [0.15, 0.2) is 5.96 Å². The Morgan fingerprint density at radius 3 is 2.52 bits per heavy atom. The lowest BCUT2D eigenvalue weighted by atomic mass is 10.1. The SMILES string of the molecule is CN=C(NCCC(=O)OC)NCCc1cc(C)ccc1OC.I. The Bertz CT molecular complexity index is 521. The summed E-state index contributed by atoms with van der Waals surface area (Å²) in [4.78, 5) is 15.2. The highest BCUT2D eigenvalue weighted by atomic mass is 127. The van der Waals surface area contributed by atoms with Crippen molar-refractivity contribution in [1.82, 2.24) is 10.6 Å². The Hall–Kier alpha value is -1.51. The standard InChI is InChI=1S/C16H25N3O3.HI/c1-12-5-6-14(21-3)13(11-12)7-9-18-16(17-2)19-10-8-15(20)22-4;/h5-6,11H,7-10H2,1-4H3,(H2,17,18,19);1H. The average molecular weight is 435 g/mol. The number of carbonyl (C=O) groups excluding carboxylic acids is 1. The molecule has 7 heteroatoms. The van der Waals surface area contributed by atoms with E-state index in [1.165, 1.54) is 12.7 Å². The van der Waals surface area contributed by atoms with Gasteiger partial charge >= 0.3 is 5.97 Å². The molecule has 0 aliphatic rings. The maximum Gasteiger partial charge on any atom is 0.307 e. The van der Waals surface area contributed by atoms with Crippen LogP contribution in [-0.2, 0) is 16.0 Å². The van der Waals surface area contributed by atoms with Gasteiger partial charge in [0.2, 0.25) is 0 Å². The highest BCUT2D eigenvalue weighted by Crippen LogP contribution is 2.19. The first-order chi connectivity index (χ1) is 10.6. The second kappa shape index (κ2) is 12.0.